The highest BCUT2D eigenvalue weighted by atomic mass is 35.5. The van der Waals surface area contributed by atoms with Crippen LogP contribution in [0.15, 0.2) is 18.2 Å². The highest BCUT2D eigenvalue weighted by molar-refractivity contribution is 7.99. The van der Waals surface area contributed by atoms with E-state index in [0.29, 0.717) is 27.3 Å². The molecule has 1 aromatic carbocycles. The minimum atomic E-state index is 0.0562. The van der Waals surface area contributed by atoms with Gasteiger partial charge >= 0.3 is 0 Å². The third-order valence-corrected chi connectivity index (χ3v) is 3.68. The lowest BCUT2D eigenvalue weighted by molar-refractivity contribution is 0.0989. The first-order valence-corrected chi connectivity index (χ1v) is 6.91. The number of ketones is 1. The standard InChI is InChI=1S/C12H14Cl2OS/c1-8(2)16-6-5-12(15)10-7-9(13)3-4-11(10)14/h3-4,7-8H,5-6H2,1-2H3. The molecule has 0 aliphatic rings. The maximum absolute atomic E-state index is 11.8. The minimum Gasteiger partial charge on any atom is -0.294 e. The van der Waals surface area contributed by atoms with Gasteiger partial charge in [0.15, 0.2) is 5.78 Å². The molecular weight excluding hydrogens is 263 g/mol. The molecule has 0 aliphatic carbocycles. The highest BCUT2D eigenvalue weighted by Crippen LogP contribution is 2.22. The van der Waals surface area contributed by atoms with Crippen LogP contribution in [0.5, 0.6) is 0 Å². The number of hydrogen-bond acceptors (Lipinski definition) is 2. The summed E-state index contributed by atoms with van der Waals surface area (Å²) in [7, 11) is 0. The summed E-state index contributed by atoms with van der Waals surface area (Å²) in [6, 6.07) is 4.97. The van der Waals surface area contributed by atoms with Crippen molar-refractivity contribution in [3.63, 3.8) is 0 Å². The van der Waals surface area contributed by atoms with Crippen LogP contribution in [0.25, 0.3) is 0 Å². The molecule has 0 bridgehead atoms. The molecular formula is C12H14Cl2OS. The topological polar surface area (TPSA) is 17.1 Å². The molecule has 1 nitrogen and oxygen atoms in total. The molecule has 0 heterocycles. The van der Waals surface area contributed by atoms with Crippen molar-refractivity contribution in [2.45, 2.75) is 25.5 Å². The average molecular weight is 277 g/mol. The van der Waals surface area contributed by atoms with Crippen molar-refractivity contribution in [2.24, 2.45) is 0 Å². The zero-order valence-corrected chi connectivity index (χ0v) is 11.6. The maximum atomic E-state index is 11.8. The number of thioether (sulfide) groups is 1. The van der Waals surface area contributed by atoms with Crippen molar-refractivity contribution in [3.8, 4) is 0 Å². The zero-order valence-electron chi connectivity index (χ0n) is 9.30. The highest BCUT2D eigenvalue weighted by Gasteiger charge is 2.11. The van der Waals surface area contributed by atoms with Crippen molar-refractivity contribution in [2.75, 3.05) is 5.75 Å². The second kappa shape index (κ2) is 6.53. The van der Waals surface area contributed by atoms with Gasteiger partial charge in [0.05, 0.1) is 5.02 Å². The molecule has 0 amide bonds. The maximum Gasteiger partial charge on any atom is 0.165 e. The molecule has 0 aromatic heterocycles. The Kier molecular flexibility index (Phi) is 5.67. The lowest BCUT2D eigenvalue weighted by atomic mass is 10.1. The van der Waals surface area contributed by atoms with E-state index in [2.05, 4.69) is 13.8 Å². The Labute approximate surface area is 111 Å². The summed E-state index contributed by atoms with van der Waals surface area (Å²) in [6.07, 6.45) is 0.503. The number of hydrogen-bond donors (Lipinski definition) is 0. The molecule has 1 aromatic rings. The van der Waals surface area contributed by atoms with E-state index in [9.17, 15) is 4.79 Å². The van der Waals surface area contributed by atoms with E-state index in [1.165, 1.54) is 0 Å². The van der Waals surface area contributed by atoms with Crippen LogP contribution in [0, 0.1) is 0 Å². The molecule has 0 N–H and O–H groups in total. The number of rotatable bonds is 5. The van der Waals surface area contributed by atoms with Crippen LogP contribution in [0.3, 0.4) is 0 Å². The Morgan fingerprint density at radius 3 is 2.69 bits per heavy atom. The molecule has 1 rings (SSSR count). The predicted octanol–water partition coefficient (Wildman–Crippen LogP) is 4.71. The molecule has 0 atom stereocenters. The van der Waals surface area contributed by atoms with Gasteiger partial charge < -0.3 is 0 Å². The Balaban J connectivity index is 2.62. The fraction of sp³-hybridized carbons (Fsp3) is 0.417. The lowest BCUT2D eigenvalue weighted by Gasteiger charge is -2.06. The van der Waals surface area contributed by atoms with Crippen LogP contribution in [0.1, 0.15) is 30.6 Å². The van der Waals surface area contributed by atoms with Crippen molar-refractivity contribution in [3.05, 3.63) is 33.8 Å². The SMILES string of the molecule is CC(C)SCCC(=O)c1cc(Cl)ccc1Cl. The Morgan fingerprint density at radius 2 is 2.06 bits per heavy atom. The number of carbonyl (C=O) groups is 1. The molecule has 88 valence electrons. The van der Waals surface area contributed by atoms with Crippen LogP contribution in [0.4, 0.5) is 0 Å². The van der Waals surface area contributed by atoms with Gasteiger partial charge in [0.1, 0.15) is 0 Å². The fourth-order valence-corrected chi connectivity index (χ4v) is 2.40. The van der Waals surface area contributed by atoms with Crippen LogP contribution in [-0.2, 0) is 0 Å². The summed E-state index contributed by atoms with van der Waals surface area (Å²) in [5.74, 6) is 0.875. The second-order valence-corrected chi connectivity index (χ2v) is 6.24. The van der Waals surface area contributed by atoms with Gasteiger partial charge in [0.25, 0.3) is 0 Å². The van der Waals surface area contributed by atoms with Gasteiger partial charge in [0.2, 0.25) is 0 Å². The zero-order chi connectivity index (χ0) is 12.1. The van der Waals surface area contributed by atoms with Gasteiger partial charge in [-0.1, -0.05) is 37.0 Å². The summed E-state index contributed by atoms with van der Waals surface area (Å²) in [5, 5.41) is 1.57. The summed E-state index contributed by atoms with van der Waals surface area (Å²) in [4.78, 5) is 11.8. The van der Waals surface area contributed by atoms with Gasteiger partial charge in [-0.3, -0.25) is 4.79 Å². The van der Waals surface area contributed by atoms with Gasteiger partial charge in [-0.25, -0.2) is 0 Å². The first-order chi connectivity index (χ1) is 7.50. The van der Waals surface area contributed by atoms with E-state index in [4.69, 9.17) is 23.2 Å². The van der Waals surface area contributed by atoms with Crippen LogP contribution in [0.2, 0.25) is 10.0 Å². The minimum absolute atomic E-state index is 0.0562. The van der Waals surface area contributed by atoms with Gasteiger partial charge in [-0.05, 0) is 23.4 Å². The normalized spacial score (nSPS) is 10.8. The molecule has 4 heteroatoms. The van der Waals surface area contributed by atoms with E-state index in [0.717, 1.165) is 5.75 Å². The quantitative estimate of drug-likeness (QED) is 0.725. The largest absolute Gasteiger partial charge is 0.294 e. The fourth-order valence-electron chi connectivity index (χ4n) is 1.23. The van der Waals surface area contributed by atoms with Crippen LogP contribution >= 0.6 is 35.0 Å². The van der Waals surface area contributed by atoms with Crippen LogP contribution in [-0.4, -0.2) is 16.8 Å². The van der Waals surface area contributed by atoms with Gasteiger partial charge in [0, 0.05) is 22.8 Å². The second-order valence-electron chi connectivity index (χ2n) is 3.72. The van der Waals surface area contributed by atoms with Gasteiger partial charge in [-0.15, -0.1) is 0 Å². The molecule has 0 spiro atoms. The molecule has 0 radical (unpaired) electrons. The Bertz CT molecular complexity index is 377. The van der Waals surface area contributed by atoms with Crippen molar-refractivity contribution in [1.29, 1.82) is 0 Å². The first kappa shape index (κ1) is 13.9. The van der Waals surface area contributed by atoms with Crippen molar-refractivity contribution in [1.82, 2.24) is 0 Å². The molecule has 0 aliphatic heterocycles. The third-order valence-electron chi connectivity index (χ3n) is 2.01. The number of benzene rings is 1. The lowest BCUT2D eigenvalue weighted by Crippen LogP contribution is -2.03. The predicted molar refractivity (Wildman–Crippen MR) is 73.0 cm³/mol. The number of Topliss-reactive ketones (excluding diaryl/α,β-unsaturated/α-hetero) is 1. The molecule has 0 saturated carbocycles. The van der Waals surface area contributed by atoms with E-state index < -0.39 is 0 Å². The smallest absolute Gasteiger partial charge is 0.165 e. The van der Waals surface area contributed by atoms with Crippen LogP contribution < -0.4 is 0 Å². The van der Waals surface area contributed by atoms with E-state index in [1.54, 1.807) is 30.0 Å². The van der Waals surface area contributed by atoms with Crippen molar-refractivity contribution < 1.29 is 4.79 Å². The van der Waals surface area contributed by atoms with E-state index >= 15 is 0 Å². The van der Waals surface area contributed by atoms with E-state index in [-0.39, 0.29) is 5.78 Å². The Morgan fingerprint density at radius 1 is 1.38 bits per heavy atom. The Hall–Kier alpha value is -0.180. The molecule has 0 fully saturated rings. The first-order valence-electron chi connectivity index (χ1n) is 5.10. The number of halogens is 2. The summed E-state index contributed by atoms with van der Waals surface area (Å²) in [6.45, 7) is 4.23. The summed E-state index contributed by atoms with van der Waals surface area (Å²) >= 11 is 13.5. The molecule has 0 saturated heterocycles. The monoisotopic (exact) mass is 276 g/mol. The average Bonchev–Trinajstić information content (AvgIpc) is 2.21. The summed E-state index contributed by atoms with van der Waals surface area (Å²) < 4.78 is 0. The molecule has 16 heavy (non-hydrogen) atoms. The molecule has 0 unspecified atom stereocenters. The van der Waals surface area contributed by atoms with E-state index in [1.807, 2.05) is 0 Å². The van der Waals surface area contributed by atoms with Gasteiger partial charge in [-0.2, -0.15) is 11.8 Å². The van der Waals surface area contributed by atoms with Crippen molar-refractivity contribution >= 4 is 40.7 Å². The number of carbonyl (C=O) groups excluding carboxylic acids is 1. The summed E-state index contributed by atoms with van der Waals surface area (Å²) in [5.41, 5.74) is 0.526. The third kappa shape index (κ3) is 4.36.